The average molecular weight is 294 g/mol. The van der Waals surface area contributed by atoms with Crippen LogP contribution in [0.2, 0.25) is 0 Å². The van der Waals surface area contributed by atoms with E-state index in [0.717, 1.165) is 45.2 Å². The molecule has 0 aliphatic rings. The smallest absolute Gasteiger partial charge is 0.0767 e. The lowest BCUT2D eigenvalue weighted by Crippen LogP contribution is -2.09. The van der Waals surface area contributed by atoms with Gasteiger partial charge < -0.3 is 5.43 Å². The number of hydrazine groups is 1. The molecule has 0 saturated carbocycles. The molecule has 2 aromatic rings. The molecule has 3 nitrogen and oxygen atoms in total. The zero-order chi connectivity index (χ0) is 12.4. The van der Waals surface area contributed by atoms with Gasteiger partial charge in [-0.25, -0.2) is 0 Å². The predicted octanol–water partition coefficient (Wildman–Crippen LogP) is 3.54. The van der Waals surface area contributed by atoms with Crippen LogP contribution in [-0.2, 0) is 6.42 Å². The standard InChI is InChI=1S/C13H16BrN3/c1-3-4-9-7-11(17-15)12-10(14)6-5-8(2)13(12)16-9/h5-7H,3-4,15H2,1-2H3,(H,16,17). The number of hydrogen-bond acceptors (Lipinski definition) is 3. The minimum atomic E-state index is 0.925. The Morgan fingerprint density at radius 2 is 2.18 bits per heavy atom. The molecule has 1 heterocycles. The second kappa shape index (κ2) is 5.02. The van der Waals surface area contributed by atoms with Crippen molar-refractivity contribution in [2.75, 3.05) is 5.43 Å². The van der Waals surface area contributed by atoms with Crippen molar-refractivity contribution in [3.8, 4) is 0 Å². The Labute approximate surface area is 110 Å². The topological polar surface area (TPSA) is 50.9 Å². The lowest BCUT2D eigenvalue weighted by Gasteiger charge is -2.11. The molecule has 3 N–H and O–H groups in total. The number of benzene rings is 1. The summed E-state index contributed by atoms with van der Waals surface area (Å²) in [6, 6.07) is 6.12. The molecule has 2 rings (SSSR count). The fraction of sp³-hybridized carbons (Fsp3) is 0.308. The Balaban J connectivity index is 2.77. The number of rotatable bonds is 3. The molecule has 1 aromatic heterocycles. The molecule has 0 radical (unpaired) electrons. The van der Waals surface area contributed by atoms with Crippen molar-refractivity contribution in [3.63, 3.8) is 0 Å². The molecule has 0 unspecified atom stereocenters. The van der Waals surface area contributed by atoms with Gasteiger partial charge in [0.15, 0.2) is 0 Å². The van der Waals surface area contributed by atoms with Gasteiger partial charge in [0.1, 0.15) is 0 Å². The van der Waals surface area contributed by atoms with Crippen molar-refractivity contribution in [1.29, 1.82) is 0 Å². The van der Waals surface area contributed by atoms with Crippen LogP contribution >= 0.6 is 15.9 Å². The van der Waals surface area contributed by atoms with Crippen molar-refractivity contribution < 1.29 is 0 Å². The quantitative estimate of drug-likeness (QED) is 0.672. The number of fused-ring (bicyclic) bond motifs is 1. The first kappa shape index (κ1) is 12.3. The van der Waals surface area contributed by atoms with Crippen molar-refractivity contribution in [3.05, 3.63) is 33.9 Å². The van der Waals surface area contributed by atoms with Crippen molar-refractivity contribution in [2.24, 2.45) is 5.84 Å². The Bertz CT molecular complexity index is 552. The van der Waals surface area contributed by atoms with E-state index >= 15 is 0 Å². The van der Waals surface area contributed by atoms with Gasteiger partial charge in [0.05, 0.1) is 11.2 Å². The molecule has 4 heteroatoms. The number of pyridine rings is 1. The Morgan fingerprint density at radius 3 is 2.82 bits per heavy atom. The zero-order valence-electron chi connectivity index (χ0n) is 10.0. The van der Waals surface area contributed by atoms with Gasteiger partial charge in [0.2, 0.25) is 0 Å². The highest BCUT2D eigenvalue weighted by Gasteiger charge is 2.10. The van der Waals surface area contributed by atoms with Gasteiger partial charge >= 0.3 is 0 Å². The highest BCUT2D eigenvalue weighted by Crippen LogP contribution is 2.32. The van der Waals surface area contributed by atoms with E-state index in [2.05, 4.69) is 41.3 Å². The lowest BCUT2D eigenvalue weighted by atomic mass is 10.1. The fourth-order valence-electron chi connectivity index (χ4n) is 1.98. The van der Waals surface area contributed by atoms with Crippen LogP contribution in [0.1, 0.15) is 24.6 Å². The zero-order valence-corrected chi connectivity index (χ0v) is 11.6. The Hall–Kier alpha value is -1.13. The normalized spacial score (nSPS) is 10.8. The lowest BCUT2D eigenvalue weighted by molar-refractivity contribution is 0.889. The number of aryl methyl sites for hydroxylation is 2. The molecular weight excluding hydrogens is 278 g/mol. The van der Waals surface area contributed by atoms with E-state index in [0.29, 0.717) is 0 Å². The summed E-state index contributed by atoms with van der Waals surface area (Å²) in [6.45, 7) is 4.22. The maximum atomic E-state index is 5.60. The van der Waals surface area contributed by atoms with E-state index in [1.54, 1.807) is 0 Å². The molecular formula is C13H16BrN3. The first-order valence-corrected chi connectivity index (χ1v) is 6.52. The molecule has 0 atom stereocenters. The third-order valence-corrected chi connectivity index (χ3v) is 3.49. The van der Waals surface area contributed by atoms with E-state index in [9.17, 15) is 0 Å². The highest BCUT2D eigenvalue weighted by atomic mass is 79.9. The number of halogens is 1. The van der Waals surface area contributed by atoms with Gasteiger partial charge in [-0.15, -0.1) is 0 Å². The van der Waals surface area contributed by atoms with Gasteiger partial charge in [0.25, 0.3) is 0 Å². The summed E-state index contributed by atoms with van der Waals surface area (Å²) in [5.74, 6) is 5.60. The van der Waals surface area contributed by atoms with Gasteiger partial charge in [0, 0.05) is 15.6 Å². The number of nitrogen functional groups attached to an aromatic ring is 1. The van der Waals surface area contributed by atoms with Crippen LogP contribution in [0.15, 0.2) is 22.7 Å². The molecule has 0 aliphatic heterocycles. The van der Waals surface area contributed by atoms with E-state index in [4.69, 9.17) is 10.8 Å². The fourth-order valence-corrected chi connectivity index (χ4v) is 2.52. The average Bonchev–Trinajstić information content (AvgIpc) is 2.33. The summed E-state index contributed by atoms with van der Waals surface area (Å²) in [7, 11) is 0. The predicted molar refractivity (Wildman–Crippen MR) is 76.0 cm³/mol. The second-order valence-electron chi connectivity index (χ2n) is 4.14. The number of aromatic nitrogens is 1. The van der Waals surface area contributed by atoms with Crippen LogP contribution in [0, 0.1) is 6.92 Å². The van der Waals surface area contributed by atoms with Crippen molar-refractivity contribution in [1.82, 2.24) is 4.98 Å². The van der Waals surface area contributed by atoms with Crippen molar-refractivity contribution >= 4 is 32.5 Å². The maximum Gasteiger partial charge on any atom is 0.0767 e. The number of nitrogens with two attached hydrogens (primary N) is 1. The van der Waals surface area contributed by atoms with E-state index in [1.807, 2.05) is 12.1 Å². The number of nitrogens with one attached hydrogen (secondary N) is 1. The monoisotopic (exact) mass is 293 g/mol. The molecule has 0 aliphatic carbocycles. The summed E-state index contributed by atoms with van der Waals surface area (Å²) in [6.07, 6.45) is 2.05. The van der Waals surface area contributed by atoms with Gasteiger partial charge in [-0.3, -0.25) is 10.8 Å². The number of hydrogen-bond donors (Lipinski definition) is 2. The van der Waals surface area contributed by atoms with Crippen LogP contribution in [-0.4, -0.2) is 4.98 Å². The van der Waals surface area contributed by atoms with Crippen LogP contribution in [0.4, 0.5) is 5.69 Å². The SMILES string of the molecule is CCCc1cc(NN)c2c(Br)ccc(C)c2n1. The summed E-state index contributed by atoms with van der Waals surface area (Å²) >= 11 is 3.55. The Morgan fingerprint density at radius 1 is 1.41 bits per heavy atom. The van der Waals surface area contributed by atoms with E-state index in [-0.39, 0.29) is 0 Å². The number of anilines is 1. The number of nitrogens with zero attached hydrogens (tertiary/aromatic N) is 1. The first-order valence-electron chi connectivity index (χ1n) is 5.72. The van der Waals surface area contributed by atoms with E-state index in [1.165, 1.54) is 0 Å². The molecule has 0 amide bonds. The third-order valence-electron chi connectivity index (χ3n) is 2.83. The van der Waals surface area contributed by atoms with Crippen LogP contribution in [0.25, 0.3) is 10.9 Å². The summed E-state index contributed by atoms with van der Waals surface area (Å²) in [5.41, 5.74) is 6.95. The van der Waals surface area contributed by atoms with Crippen molar-refractivity contribution in [2.45, 2.75) is 26.7 Å². The highest BCUT2D eigenvalue weighted by molar-refractivity contribution is 9.10. The van der Waals surface area contributed by atoms with Crippen LogP contribution in [0.5, 0.6) is 0 Å². The minimum absolute atomic E-state index is 0.925. The van der Waals surface area contributed by atoms with E-state index < -0.39 is 0 Å². The first-order chi connectivity index (χ1) is 8.17. The van der Waals surface area contributed by atoms with Gasteiger partial charge in [-0.1, -0.05) is 35.3 Å². The minimum Gasteiger partial charge on any atom is -0.323 e. The third kappa shape index (κ3) is 2.28. The molecule has 0 fully saturated rings. The van der Waals surface area contributed by atoms with Gasteiger partial charge in [-0.05, 0) is 31.0 Å². The van der Waals surface area contributed by atoms with Gasteiger partial charge in [-0.2, -0.15) is 0 Å². The molecule has 1 aromatic carbocycles. The second-order valence-corrected chi connectivity index (χ2v) is 5.00. The van der Waals surface area contributed by atoms with Crippen LogP contribution < -0.4 is 11.3 Å². The summed E-state index contributed by atoms with van der Waals surface area (Å²) < 4.78 is 1.02. The summed E-state index contributed by atoms with van der Waals surface area (Å²) in [5, 5.41) is 1.05. The molecule has 0 saturated heterocycles. The largest absolute Gasteiger partial charge is 0.323 e. The molecule has 0 spiro atoms. The Kier molecular flexibility index (Phi) is 3.64. The summed E-state index contributed by atoms with van der Waals surface area (Å²) in [4.78, 5) is 4.71. The molecule has 90 valence electrons. The molecule has 0 bridgehead atoms. The maximum absolute atomic E-state index is 5.60. The van der Waals surface area contributed by atoms with Crippen LogP contribution in [0.3, 0.4) is 0 Å². The molecule has 17 heavy (non-hydrogen) atoms.